The lowest BCUT2D eigenvalue weighted by atomic mass is 10.1. The van der Waals surface area contributed by atoms with E-state index >= 15 is 0 Å². The van der Waals surface area contributed by atoms with E-state index in [1.165, 1.54) is 0 Å². The second kappa shape index (κ2) is 9.44. The SMILES string of the molecule is COc1ccc2cc1OCC(=O)N(C(C)C)CCCN(C)Cc1c[nH]c3c1/C(=N\2)N=CN3. The fraction of sp³-hybridized carbons (Fsp3) is 0.435. The quantitative estimate of drug-likeness (QED) is 0.752. The number of carbonyl (C=O) groups excluding carboxylic acids is 1. The van der Waals surface area contributed by atoms with Crippen molar-refractivity contribution in [3.8, 4) is 11.5 Å². The monoisotopic (exact) mass is 438 g/mol. The second-order valence-corrected chi connectivity index (χ2v) is 8.30. The molecule has 4 rings (SSSR count). The van der Waals surface area contributed by atoms with Crippen molar-refractivity contribution in [1.29, 1.82) is 0 Å². The van der Waals surface area contributed by atoms with Crippen LogP contribution >= 0.6 is 0 Å². The minimum absolute atomic E-state index is 0.0472. The number of aromatic nitrogens is 1. The predicted molar refractivity (Wildman–Crippen MR) is 125 cm³/mol. The van der Waals surface area contributed by atoms with E-state index in [9.17, 15) is 4.79 Å². The van der Waals surface area contributed by atoms with Gasteiger partial charge in [-0.1, -0.05) is 0 Å². The highest BCUT2D eigenvalue weighted by Crippen LogP contribution is 2.33. The zero-order valence-corrected chi connectivity index (χ0v) is 19.0. The minimum Gasteiger partial charge on any atom is -0.493 e. The van der Waals surface area contributed by atoms with E-state index in [-0.39, 0.29) is 18.6 Å². The van der Waals surface area contributed by atoms with Gasteiger partial charge in [0.1, 0.15) is 5.82 Å². The van der Waals surface area contributed by atoms with Gasteiger partial charge >= 0.3 is 0 Å². The number of hydrogen-bond acceptors (Lipinski definition) is 7. The first-order valence-corrected chi connectivity index (χ1v) is 10.8. The molecule has 0 unspecified atom stereocenters. The number of aliphatic imine (C=N–C) groups is 2. The number of nitrogens with zero attached hydrogens (tertiary/aromatic N) is 4. The van der Waals surface area contributed by atoms with Gasteiger partial charge in [0, 0.05) is 31.4 Å². The van der Waals surface area contributed by atoms with Crippen LogP contribution in [0.4, 0.5) is 11.5 Å². The van der Waals surface area contributed by atoms with Crippen LogP contribution in [0, 0.1) is 0 Å². The van der Waals surface area contributed by atoms with Crippen LogP contribution in [0.3, 0.4) is 0 Å². The molecule has 9 heteroatoms. The van der Waals surface area contributed by atoms with Gasteiger partial charge in [-0.3, -0.25) is 4.79 Å². The van der Waals surface area contributed by atoms with Crippen molar-refractivity contribution in [1.82, 2.24) is 14.8 Å². The van der Waals surface area contributed by atoms with E-state index in [1.54, 1.807) is 25.6 Å². The van der Waals surface area contributed by atoms with Crippen LogP contribution in [-0.2, 0) is 11.3 Å². The molecule has 0 radical (unpaired) electrons. The number of methoxy groups -OCH3 is 1. The summed E-state index contributed by atoms with van der Waals surface area (Å²) >= 11 is 0. The number of fused-ring (bicyclic) bond motifs is 2. The number of amides is 1. The van der Waals surface area contributed by atoms with E-state index in [4.69, 9.17) is 14.5 Å². The Morgan fingerprint density at radius 1 is 1.25 bits per heavy atom. The third-order valence-corrected chi connectivity index (χ3v) is 5.64. The molecule has 32 heavy (non-hydrogen) atoms. The normalized spacial score (nSPS) is 19.1. The first-order chi connectivity index (χ1) is 15.5. The van der Waals surface area contributed by atoms with Gasteiger partial charge in [0.2, 0.25) is 0 Å². The highest BCUT2D eigenvalue weighted by molar-refractivity contribution is 6.13. The lowest BCUT2D eigenvalue weighted by molar-refractivity contribution is -0.135. The number of nitrogens with one attached hydrogen (secondary N) is 2. The number of ether oxygens (including phenoxy) is 2. The second-order valence-electron chi connectivity index (χ2n) is 8.30. The van der Waals surface area contributed by atoms with E-state index in [2.05, 4.69) is 27.2 Å². The molecule has 1 amide bonds. The summed E-state index contributed by atoms with van der Waals surface area (Å²) in [4.78, 5) is 29.5. The number of H-pyrrole nitrogens is 1. The van der Waals surface area contributed by atoms with Crippen molar-refractivity contribution >= 4 is 29.6 Å². The summed E-state index contributed by atoms with van der Waals surface area (Å²) in [6, 6.07) is 5.51. The molecule has 0 saturated heterocycles. The smallest absolute Gasteiger partial charge is 0.260 e. The van der Waals surface area contributed by atoms with Crippen molar-refractivity contribution in [2.45, 2.75) is 32.9 Å². The van der Waals surface area contributed by atoms with Gasteiger partial charge in [0.05, 0.1) is 24.7 Å². The first kappa shape index (κ1) is 21.9. The molecule has 3 heterocycles. The predicted octanol–water partition coefficient (Wildman–Crippen LogP) is 3.01. The Labute approximate surface area is 188 Å². The minimum atomic E-state index is -0.0570. The summed E-state index contributed by atoms with van der Waals surface area (Å²) in [7, 11) is 3.66. The average Bonchev–Trinajstić information content (AvgIpc) is 3.18. The zero-order valence-electron chi connectivity index (χ0n) is 19.0. The van der Waals surface area contributed by atoms with Gasteiger partial charge in [0.15, 0.2) is 23.9 Å². The standard InChI is InChI=1S/C23H30N6O3/c1-15(2)29-9-5-8-28(3)12-16-11-24-22-21(16)23(26-14-25-22)27-17-6-7-18(31-4)19(10-17)32-13-20(29)30/h6-7,10-11,14-15H,5,8-9,12-13H2,1-4H3,(H2,24,25,26,27). The number of rotatable bonds is 2. The molecule has 0 saturated carbocycles. The van der Waals surface area contributed by atoms with Gasteiger partial charge in [-0.05, 0) is 51.6 Å². The van der Waals surface area contributed by atoms with Crippen LogP contribution < -0.4 is 14.8 Å². The fourth-order valence-electron chi connectivity index (χ4n) is 4.01. The van der Waals surface area contributed by atoms with Crippen LogP contribution in [0.25, 0.3) is 0 Å². The molecule has 2 aromatic rings. The van der Waals surface area contributed by atoms with Gasteiger partial charge in [-0.2, -0.15) is 0 Å². The molecule has 0 fully saturated rings. The Morgan fingerprint density at radius 2 is 2.09 bits per heavy atom. The molecule has 2 aliphatic rings. The molecular formula is C23H30N6O3. The topological polar surface area (TPSA) is 94.5 Å². The van der Waals surface area contributed by atoms with E-state index in [1.807, 2.05) is 31.0 Å². The lowest BCUT2D eigenvalue weighted by Gasteiger charge is -2.28. The van der Waals surface area contributed by atoms with Gasteiger partial charge < -0.3 is 29.6 Å². The molecule has 0 atom stereocenters. The van der Waals surface area contributed by atoms with E-state index in [0.29, 0.717) is 29.6 Å². The molecule has 9 nitrogen and oxygen atoms in total. The molecule has 2 aliphatic heterocycles. The van der Waals surface area contributed by atoms with Gasteiger partial charge in [-0.25, -0.2) is 9.98 Å². The molecule has 2 N–H and O–H groups in total. The maximum Gasteiger partial charge on any atom is 0.260 e. The van der Waals surface area contributed by atoms with Crippen molar-refractivity contribution < 1.29 is 14.3 Å². The molecule has 1 aromatic carbocycles. The van der Waals surface area contributed by atoms with Gasteiger partial charge in [0.25, 0.3) is 5.91 Å². The molecule has 0 spiro atoms. The number of hydrogen-bond donors (Lipinski definition) is 2. The summed E-state index contributed by atoms with van der Waals surface area (Å²) in [5, 5.41) is 3.16. The fourth-order valence-corrected chi connectivity index (χ4v) is 4.01. The Balaban J connectivity index is 1.75. The van der Waals surface area contributed by atoms with Crippen LogP contribution in [0.2, 0.25) is 0 Å². The summed E-state index contributed by atoms with van der Waals surface area (Å²) in [5.41, 5.74) is 2.74. The summed E-state index contributed by atoms with van der Waals surface area (Å²) < 4.78 is 11.3. The Kier molecular flexibility index (Phi) is 6.45. The molecule has 2 bridgehead atoms. The van der Waals surface area contributed by atoms with Crippen LogP contribution in [0.15, 0.2) is 34.4 Å². The highest BCUT2D eigenvalue weighted by Gasteiger charge is 2.22. The zero-order chi connectivity index (χ0) is 22.7. The first-order valence-electron chi connectivity index (χ1n) is 10.8. The number of carbonyl (C=O) groups is 1. The number of amidine groups is 1. The maximum absolute atomic E-state index is 12.9. The van der Waals surface area contributed by atoms with Crippen molar-refractivity contribution in [3.63, 3.8) is 0 Å². The summed E-state index contributed by atoms with van der Waals surface area (Å²) in [6.45, 7) is 6.26. The average molecular weight is 439 g/mol. The van der Waals surface area contributed by atoms with Crippen molar-refractivity contribution in [2.24, 2.45) is 9.98 Å². The summed E-state index contributed by atoms with van der Waals surface area (Å²) in [5.74, 6) is 2.48. The Morgan fingerprint density at radius 3 is 2.88 bits per heavy atom. The van der Waals surface area contributed by atoms with E-state index in [0.717, 1.165) is 36.5 Å². The van der Waals surface area contributed by atoms with Crippen molar-refractivity contribution in [2.75, 3.05) is 39.2 Å². The van der Waals surface area contributed by atoms with Crippen LogP contribution in [-0.4, -0.2) is 72.8 Å². The van der Waals surface area contributed by atoms with E-state index < -0.39 is 0 Å². The van der Waals surface area contributed by atoms with Gasteiger partial charge in [-0.15, -0.1) is 0 Å². The lowest BCUT2D eigenvalue weighted by Crippen LogP contribution is -2.41. The molecular weight excluding hydrogens is 408 g/mol. The maximum atomic E-state index is 12.9. The molecule has 0 aliphatic carbocycles. The molecule has 1 aromatic heterocycles. The Bertz CT molecular complexity index is 1040. The van der Waals surface area contributed by atoms with Crippen LogP contribution in [0.1, 0.15) is 31.4 Å². The van der Waals surface area contributed by atoms with Crippen molar-refractivity contribution in [3.05, 3.63) is 35.5 Å². The number of benzene rings is 1. The third kappa shape index (κ3) is 4.62. The summed E-state index contributed by atoms with van der Waals surface area (Å²) in [6.07, 6.45) is 4.49. The Hall–Kier alpha value is -3.33. The number of aromatic amines is 1. The third-order valence-electron chi connectivity index (χ3n) is 5.64. The largest absolute Gasteiger partial charge is 0.493 e. The molecule has 170 valence electrons. The number of anilines is 1. The van der Waals surface area contributed by atoms with Crippen LogP contribution in [0.5, 0.6) is 11.5 Å². The highest BCUT2D eigenvalue weighted by atomic mass is 16.5.